The minimum atomic E-state index is -0.693. The van der Waals surface area contributed by atoms with Gasteiger partial charge in [-0.05, 0) is 30.3 Å². The van der Waals surface area contributed by atoms with Gasteiger partial charge in [0.15, 0.2) is 5.17 Å². The minimum absolute atomic E-state index is 0.00275. The fourth-order valence-corrected chi connectivity index (χ4v) is 3.41. The normalized spacial score (nSPS) is 17.6. The molecule has 3 rings (SSSR count). The number of nitrogens with zero attached hydrogens (tertiary/aromatic N) is 3. The number of thioether (sulfide) groups is 1. The summed E-state index contributed by atoms with van der Waals surface area (Å²) in [5, 5.41) is 6.82. The topological polar surface area (TPSA) is 97.3 Å². The summed E-state index contributed by atoms with van der Waals surface area (Å²) in [6.07, 6.45) is 1.23. The molecule has 1 heterocycles. The van der Waals surface area contributed by atoms with E-state index >= 15 is 0 Å². The summed E-state index contributed by atoms with van der Waals surface area (Å²) in [5.41, 5.74) is 6.52. The maximum absolute atomic E-state index is 13.5. The summed E-state index contributed by atoms with van der Waals surface area (Å²) in [5.74, 6) is -0.510. The predicted octanol–water partition coefficient (Wildman–Crippen LogP) is 2.55. The van der Waals surface area contributed by atoms with Crippen LogP contribution in [0.15, 0.2) is 58.7 Å². The zero-order valence-electron chi connectivity index (χ0n) is 14.9. The Morgan fingerprint density at radius 3 is 2.64 bits per heavy atom. The molecule has 1 aliphatic heterocycles. The van der Waals surface area contributed by atoms with Crippen LogP contribution in [0.5, 0.6) is 5.75 Å². The lowest BCUT2D eigenvalue weighted by atomic mass is 10.2. The zero-order chi connectivity index (χ0) is 20.1. The minimum Gasteiger partial charge on any atom is -0.497 e. The first kappa shape index (κ1) is 19.6. The van der Waals surface area contributed by atoms with Crippen molar-refractivity contribution >= 4 is 40.6 Å². The molecule has 0 bridgehead atoms. The second-order valence-corrected chi connectivity index (χ2v) is 7.00. The lowest BCUT2D eigenvalue weighted by Crippen LogP contribution is -2.31. The summed E-state index contributed by atoms with van der Waals surface area (Å²) in [4.78, 5) is 26.0. The smallest absolute Gasteiger partial charge is 0.247 e. The molecule has 0 aromatic heterocycles. The van der Waals surface area contributed by atoms with E-state index < -0.39 is 11.1 Å². The molecule has 2 N–H and O–H groups in total. The van der Waals surface area contributed by atoms with Crippen LogP contribution in [0.25, 0.3) is 0 Å². The van der Waals surface area contributed by atoms with E-state index in [0.717, 1.165) is 16.7 Å². The number of amidine groups is 1. The average Bonchev–Trinajstić information content (AvgIpc) is 2.96. The molecule has 2 aromatic carbocycles. The highest BCUT2D eigenvalue weighted by atomic mass is 32.2. The standard InChI is InChI=1S/C19H17FN4O3S/c1-27-14-8-6-13(7-9-14)24-17(25)10-16(18(24)26)28-19(21)23-22-11-12-4-2-3-5-15(12)20/h2-9,11,16H,10H2,1H3,(H2,21,23)/b22-11-. The molecule has 2 amide bonds. The summed E-state index contributed by atoms with van der Waals surface area (Å²) < 4.78 is 18.6. The summed E-state index contributed by atoms with van der Waals surface area (Å²) in [6, 6.07) is 12.7. The van der Waals surface area contributed by atoms with Gasteiger partial charge in [0, 0.05) is 12.0 Å². The monoisotopic (exact) mass is 400 g/mol. The lowest BCUT2D eigenvalue weighted by molar-refractivity contribution is -0.121. The van der Waals surface area contributed by atoms with Crippen LogP contribution in [0.4, 0.5) is 10.1 Å². The molecule has 2 aromatic rings. The molecule has 1 atom stereocenters. The summed E-state index contributed by atoms with van der Waals surface area (Å²) in [6.45, 7) is 0. The Morgan fingerprint density at radius 1 is 1.25 bits per heavy atom. The number of benzene rings is 2. The molecule has 0 radical (unpaired) electrons. The van der Waals surface area contributed by atoms with Crippen molar-refractivity contribution in [2.75, 3.05) is 12.0 Å². The van der Waals surface area contributed by atoms with Crippen molar-refractivity contribution in [3.05, 3.63) is 59.9 Å². The van der Waals surface area contributed by atoms with Crippen LogP contribution < -0.4 is 15.4 Å². The number of hydrogen-bond acceptors (Lipinski definition) is 6. The largest absolute Gasteiger partial charge is 0.497 e. The van der Waals surface area contributed by atoms with E-state index in [1.54, 1.807) is 42.5 Å². The van der Waals surface area contributed by atoms with Crippen LogP contribution in [0.1, 0.15) is 12.0 Å². The first-order valence-electron chi connectivity index (χ1n) is 8.28. The second kappa shape index (κ2) is 8.66. The van der Waals surface area contributed by atoms with Crippen LogP contribution >= 0.6 is 11.8 Å². The quantitative estimate of drug-likeness (QED) is 0.360. The molecule has 1 aliphatic rings. The van der Waals surface area contributed by atoms with Gasteiger partial charge >= 0.3 is 0 Å². The van der Waals surface area contributed by atoms with Crippen molar-refractivity contribution in [2.45, 2.75) is 11.7 Å². The maximum atomic E-state index is 13.5. The van der Waals surface area contributed by atoms with E-state index in [1.807, 2.05) is 0 Å². The number of halogens is 1. The summed E-state index contributed by atoms with van der Waals surface area (Å²) in [7, 11) is 1.53. The van der Waals surface area contributed by atoms with Crippen molar-refractivity contribution in [2.24, 2.45) is 15.9 Å². The zero-order valence-corrected chi connectivity index (χ0v) is 15.7. The van der Waals surface area contributed by atoms with E-state index in [9.17, 15) is 14.0 Å². The van der Waals surface area contributed by atoms with E-state index in [4.69, 9.17) is 10.5 Å². The fraction of sp³-hybridized carbons (Fsp3) is 0.158. The third-order valence-electron chi connectivity index (χ3n) is 3.96. The third kappa shape index (κ3) is 4.37. The number of anilines is 1. The number of carbonyl (C=O) groups is 2. The Bertz CT molecular complexity index is 946. The Labute approximate surface area is 165 Å². The Kier molecular flexibility index (Phi) is 6.05. The Balaban J connectivity index is 1.66. The first-order chi connectivity index (χ1) is 13.5. The van der Waals surface area contributed by atoms with Gasteiger partial charge in [0.1, 0.15) is 16.8 Å². The van der Waals surface area contributed by atoms with Gasteiger partial charge in [-0.2, -0.15) is 5.10 Å². The van der Waals surface area contributed by atoms with Crippen LogP contribution in [-0.4, -0.2) is 35.6 Å². The van der Waals surface area contributed by atoms with Gasteiger partial charge in [-0.1, -0.05) is 30.0 Å². The van der Waals surface area contributed by atoms with Gasteiger partial charge in [-0.25, -0.2) is 9.29 Å². The maximum Gasteiger partial charge on any atom is 0.247 e. The average molecular weight is 400 g/mol. The molecule has 7 nitrogen and oxygen atoms in total. The summed E-state index contributed by atoms with van der Waals surface area (Å²) >= 11 is 0.948. The molecule has 1 unspecified atom stereocenters. The van der Waals surface area contributed by atoms with Gasteiger partial charge in [0.2, 0.25) is 11.8 Å². The van der Waals surface area contributed by atoms with Gasteiger partial charge in [-0.15, -0.1) is 5.10 Å². The SMILES string of the molecule is COc1ccc(N2C(=O)CC(S/C(N)=N\N=C/c3ccccc3F)C2=O)cc1. The first-order valence-corrected chi connectivity index (χ1v) is 9.16. The number of imide groups is 1. The van der Waals surface area contributed by atoms with Gasteiger partial charge in [-0.3, -0.25) is 9.59 Å². The molecule has 0 spiro atoms. The number of amides is 2. The van der Waals surface area contributed by atoms with Crippen molar-refractivity contribution in [3.63, 3.8) is 0 Å². The van der Waals surface area contributed by atoms with E-state index in [-0.39, 0.29) is 29.0 Å². The Hall–Kier alpha value is -3.20. The Morgan fingerprint density at radius 2 is 1.96 bits per heavy atom. The van der Waals surface area contributed by atoms with Crippen LogP contribution in [0.2, 0.25) is 0 Å². The number of hydrogen-bond donors (Lipinski definition) is 1. The van der Waals surface area contributed by atoms with E-state index in [0.29, 0.717) is 11.4 Å². The molecule has 0 aliphatic carbocycles. The number of carbonyl (C=O) groups excluding carboxylic acids is 2. The highest BCUT2D eigenvalue weighted by molar-refractivity contribution is 8.14. The molecule has 1 saturated heterocycles. The van der Waals surface area contributed by atoms with Gasteiger partial charge in [0.05, 0.1) is 19.0 Å². The van der Waals surface area contributed by atoms with Crippen molar-refractivity contribution in [1.29, 1.82) is 0 Å². The van der Waals surface area contributed by atoms with Crippen LogP contribution in [-0.2, 0) is 9.59 Å². The van der Waals surface area contributed by atoms with Crippen molar-refractivity contribution in [1.82, 2.24) is 0 Å². The van der Waals surface area contributed by atoms with E-state index in [1.165, 1.54) is 19.4 Å². The fourth-order valence-electron chi connectivity index (χ4n) is 2.60. The van der Waals surface area contributed by atoms with Gasteiger partial charge in [0.25, 0.3) is 0 Å². The molecule has 9 heteroatoms. The number of nitrogens with two attached hydrogens (primary N) is 1. The second-order valence-electron chi connectivity index (χ2n) is 5.78. The lowest BCUT2D eigenvalue weighted by Gasteiger charge is -2.15. The highest BCUT2D eigenvalue weighted by Crippen LogP contribution is 2.30. The molecular formula is C19H17FN4O3S. The predicted molar refractivity (Wildman–Crippen MR) is 107 cm³/mol. The third-order valence-corrected chi connectivity index (χ3v) is 4.93. The van der Waals surface area contributed by atoms with Crippen molar-refractivity contribution in [3.8, 4) is 5.75 Å². The number of rotatable bonds is 5. The molecule has 28 heavy (non-hydrogen) atoms. The molecule has 0 saturated carbocycles. The van der Waals surface area contributed by atoms with Crippen molar-refractivity contribution < 1.29 is 18.7 Å². The molecule has 1 fully saturated rings. The highest BCUT2D eigenvalue weighted by Gasteiger charge is 2.40. The molecular weight excluding hydrogens is 383 g/mol. The van der Waals surface area contributed by atoms with E-state index in [2.05, 4.69) is 10.2 Å². The molecule has 144 valence electrons. The van der Waals surface area contributed by atoms with Crippen LogP contribution in [0.3, 0.4) is 0 Å². The van der Waals surface area contributed by atoms with Gasteiger partial charge < -0.3 is 10.5 Å². The number of methoxy groups -OCH3 is 1. The number of ether oxygens (including phenoxy) is 1. The van der Waals surface area contributed by atoms with Crippen LogP contribution in [0, 0.1) is 5.82 Å².